The summed E-state index contributed by atoms with van der Waals surface area (Å²) in [6, 6.07) is 0. The molecule has 0 atom stereocenters. The van der Waals surface area contributed by atoms with Gasteiger partial charge in [0.25, 0.3) is 0 Å². The molecule has 0 unspecified atom stereocenters. The molecule has 0 spiro atoms. The number of hydrogen-bond donors (Lipinski definition) is 2. The largest absolute Gasteiger partial charge is 0.399 e. The van der Waals surface area contributed by atoms with E-state index in [1.807, 2.05) is 0 Å². The molecule has 9 heavy (non-hydrogen) atoms. The molecule has 2 nitrogen and oxygen atoms in total. The van der Waals surface area contributed by atoms with Crippen molar-refractivity contribution in [1.82, 2.24) is 0 Å². The number of rotatable bonds is 3. The minimum atomic E-state index is 0.605. The Morgan fingerprint density at radius 3 is 2.67 bits per heavy atom. The summed E-state index contributed by atoms with van der Waals surface area (Å²) in [6.45, 7) is 3.46. The van der Waals surface area contributed by atoms with Gasteiger partial charge in [-0.15, -0.1) is 0 Å². The summed E-state index contributed by atoms with van der Waals surface area (Å²) in [4.78, 5) is 0. The molecule has 0 heterocycles. The maximum atomic E-state index is 6.61. The monoisotopic (exact) mass is 122 g/mol. The highest BCUT2D eigenvalue weighted by Gasteiger charge is 1.73. The molecule has 0 rings (SSSR count). The molecule has 2 heteroatoms. The van der Waals surface area contributed by atoms with Gasteiger partial charge in [-0.3, -0.25) is 0 Å². The van der Waals surface area contributed by atoms with Gasteiger partial charge in [-0.25, -0.2) is 0 Å². The van der Waals surface area contributed by atoms with Gasteiger partial charge in [0, 0.05) is 11.9 Å². The van der Waals surface area contributed by atoms with Crippen LogP contribution < -0.4 is 5.73 Å². The Bertz CT molecular complexity index is 154. The fourth-order valence-corrected chi connectivity index (χ4v) is 0.351. The van der Waals surface area contributed by atoms with Crippen molar-refractivity contribution in [2.45, 2.75) is 0 Å². The predicted molar refractivity (Wildman–Crippen MR) is 40.4 cm³/mol. The van der Waals surface area contributed by atoms with E-state index in [9.17, 15) is 0 Å². The van der Waals surface area contributed by atoms with Crippen LogP contribution in [0.25, 0.3) is 0 Å². The van der Waals surface area contributed by atoms with Crippen molar-refractivity contribution in [3.05, 3.63) is 36.6 Å². The van der Waals surface area contributed by atoms with E-state index in [2.05, 4.69) is 6.58 Å². The second-order valence-corrected chi connectivity index (χ2v) is 1.43. The average molecular weight is 122 g/mol. The van der Waals surface area contributed by atoms with Gasteiger partial charge in [0.15, 0.2) is 0 Å². The Balaban J connectivity index is 3.88. The molecule has 0 amide bonds. The van der Waals surface area contributed by atoms with Crippen molar-refractivity contribution in [3.63, 3.8) is 0 Å². The molecule has 0 aromatic rings. The summed E-state index contributed by atoms with van der Waals surface area (Å²) in [6.07, 6.45) is 7.62. The summed E-state index contributed by atoms with van der Waals surface area (Å²) in [5, 5.41) is 6.61. The molecule has 0 aliphatic rings. The van der Waals surface area contributed by atoms with E-state index in [1.54, 1.807) is 24.3 Å². The second-order valence-electron chi connectivity index (χ2n) is 1.43. The lowest BCUT2D eigenvalue weighted by Crippen LogP contribution is -1.90. The number of nitrogens with two attached hydrogens (primary N) is 1. The quantitative estimate of drug-likeness (QED) is 0.429. The molecular weight excluding hydrogens is 112 g/mol. The van der Waals surface area contributed by atoms with E-state index in [0.717, 1.165) is 0 Å². The lowest BCUT2D eigenvalue weighted by molar-refractivity contribution is 1.43. The van der Waals surface area contributed by atoms with Crippen molar-refractivity contribution in [3.8, 4) is 0 Å². The van der Waals surface area contributed by atoms with E-state index in [1.165, 1.54) is 6.21 Å². The topological polar surface area (TPSA) is 49.9 Å². The summed E-state index contributed by atoms with van der Waals surface area (Å²) < 4.78 is 0. The zero-order valence-electron chi connectivity index (χ0n) is 5.17. The zero-order chi connectivity index (χ0) is 7.11. The highest BCUT2D eigenvalue weighted by molar-refractivity contribution is 5.68. The fourth-order valence-electron chi connectivity index (χ4n) is 0.351. The maximum absolute atomic E-state index is 6.61. The van der Waals surface area contributed by atoms with E-state index in [4.69, 9.17) is 11.1 Å². The molecule has 0 aliphatic heterocycles. The standard InChI is InChI=1S/C7H10N2/c1-2-4-7(9)5-3-6-8/h2-6,8H,1,9H2/b5-3-,7-4+,8-6?. The first kappa shape index (κ1) is 7.69. The minimum absolute atomic E-state index is 0.605. The number of hydrogen-bond acceptors (Lipinski definition) is 2. The summed E-state index contributed by atoms with van der Waals surface area (Å²) in [7, 11) is 0. The summed E-state index contributed by atoms with van der Waals surface area (Å²) in [5.41, 5.74) is 5.98. The van der Waals surface area contributed by atoms with Gasteiger partial charge in [-0.05, 0) is 18.2 Å². The smallest absolute Gasteiger partial charge is 0.0314 e. The first-order valence-corrected chi connectivity index (χ1v) is 2.56. The molecule has 0 fully saturated rings. The van der Waals surface area contributed by atoms with Gasteiger partial charge in [0.1, 0.15) is 0 Å². The van der Waals surface area contributed by atoms with Crippen molar-refractivity contribution < 1.29 is 0 Å². The Labute approximate surface area is 54.9 Å². The Kier molecular flexibility index (Phi) is 4.14. The van der Waals surface area contributed by atoms with Gasteiger partial charge >= 0.3 is 0 Å². The average Bonchev–Trinajstić information content (AvgIpc) is 1.85. The zero-order valence-corrected chi connectivity index (χ0v) is 5.17. The van der Waals surface area contributed by atoms with E-state index < -0.39 is 0 Å². The molecular formula is C7H10N2. The second kappa shape index (κ2) is 4.84. The number of nitrogens with one attached hydrogen (secondary N) is 1. The van der Waals surface area contributed by atoms with E-state index in [-0.39, 0.29) is 0 Å². The normalized spacial score (nSPS) is 11.8. The molecule has 0 bridgehead atoms. The first-order chi connectivity index (χ1) is 4.31. The third kappa shape index (κ3) is 4.55. The van der Waals surface area contributed by atoms with Crippen LogP contribution in [0.4, 0.5) is 0 Å². The molecule has 0 aromatic heterocycles. The Morgan fingerprint density at radius 2 is 2.22 bits per heavy atom. The van der Waals surface area contributed by atoms with Gasteiger partial charge in [0.2, 0.25) is 0 Å². The predicted octanol–water partition coefficient (Wildman–Crippen LogP) is 1.22. The molecule has 48 valence electrons. The van der Waals surface area contributed by atoms with Crippen LogP contribution in [0.3, 0.4) is 0 Å². The molecule has 0 radical (unpaired) electrons. The highest BCUT2D eigenvalue weighted by Crippen LogP contribution is 1.84. The highest BCUT2D eigenvalue weighted by atomic mass is 14.5. The van der Waals surface area contributed by atoms with Gasteiger partial charge < -0.3 is 11.1 Å². The third-order valence-electron chi connectivity index (χ3n) is 0.695. The van der Waals surface area contributed by atoms with Crippen LogP contribution in [0.15, 0.2) is 36.6 Å². The van der Waals surface area contributed by atoms with Crippen molar-refractivity contribution in [2.24, 2.45) is 5.73 Å². The molecule has 3 N–H and O–H groups in total. The molecule has 0 aliphatic carbocycles. The molecule has 0 saturated heterocycles. The fraction of sp³-hybridized carbons (Fsp3) is 0. The van der Waals surface area contributed by atoms with Crippen LogP contribution in [0, 0.1) is 5.41 Å². The van der Waals surface area contributed by atoms with Crippen molar-refractivity contribution in [1.29, 1.82) is 5.41 Å². The van der Waals surface area contributed by atoms with Gasteiger partial charge in [-0.1, -0.05) is 12.7 Å². The van der Waals surface area contributed by atoms with E-state index >= 15 is 0 Å². The van der Waals surface area contributed by atoms with Gasteiger partial charge in [0.05, 0.1) is 0 Å². The van der Waals surface area contributed by atoms with Crippen molar-refractivity contribution >= 4 is 6.21 Å². The maximum Gasteiger partial charge on any atom is 0.0314 e. The van der Waals surface area contributed by atoms with Crippen LogP contribution in [0.5, 0.6) is 0 Å². The first-order valence-electron chi connectivity index (χ1n) is 2.56. The minimum Gasteiger partial charge on any atom is -0.399 e. The summed E-state index contributed by atoms with van der Waals surface area (Å²) >= 11 is 0. The Hall–Kier alpha value is -1.31. The summed E-state index contributed by atoms with van der Waals surface area (Å²) in [5.74, 6) is 0. The lowest BCUT2D eigenvalue weighted by Gasteiger charge is -1.84. The SMILES string of the molecule is C=C/C=C(N)\C=C/C=N. The molecule has 0 saturated carbocycles. The Morgan fingerprint density at radius 1 is 1.56 bits per heavy atom. The van der Waals surface area contributed by atoms with Crippen LogP contribution in [0.2, 0.25) is 0 Å². The van der Waals surface area contributed by atoms with Crippen LogP contribution in [-0.2, 0) is 0 Å². The van der Waals surface area contributed by atoms with E-state index in [0.29, 0.717) is 5.70 Å². The number of allylic oxidation sites excluding steroid dienone is 4. The van der Waals surface area contributed by atoms with Crippen molar-refractivity contribution in [2.75, 3.05) is 0 Å². The lowest BCUT2D eigenvalue weighted by atomic mass is 10.3. The van der Waals surface area contributed by atoms with Crippen LogP contribution in [-0.4, -0.2) is 6.21 Å². The van der Waals surface area contributed by atoms with Crippen LogP contribution in [0.1, 0.15) is 0 Å². The third-order valence-corrected chi connectivity index (χ3v) is 0.695. The molecule has 0 aromatic carbocycles. The van der Waals surface area contributed by atoms with Gasteiger partial charge in [-0.2, -0.15) is 0 Å². The van der Waals surface area contributed by atoms with Crippen LogP contribution >= 0.6 is 0 Å².